The molecule has 10 unspecified atom stereocenters. The predicted octanol–water partition coefficient (Wildman–Crippen LogP) is 14.1. The van der Waals surface area contributed by atoms with Crippen molar-refractivity contribution in [2.24, 2.45) is 46.3 Å². The van der Waals surface area contributed by atoms with Gasteiger partial charge in [-0.1, -0.05) is 106 Å². The maximum Gasteiger partial charge on any atom is 0.154 e. The van der Waals surface area contributed by atoms with Gasteiger partial charge in [0.25, 0.3) is 0 Å². The summed E-state index contributed by atoms with van der Waals surface area (Å²) in [5, 5.41) is 8.02. The molecule has 8 saturated carbocycles. The molecule has 12 atom stereocenters. The minimum absolute atomic E-state index is 0.00818. The van der Waals surface area contributed by atoms with E-state index in [9.17, 15) is 0 Å². The maximum absolute atomic E-state index is 16.2. The minimum atomic E-state index is -0.577. The van der Waals surface area contributed by atoms with E-state index in [1.54, 1.807) is 0 Å². The first kappa shape index (κ1) is 50.2. The number of hydrogen-bond acceptors (Lipinski definition) is 7. The molecule has 2 saturated heterocycles. The molecule has 10 aliphatic rings. The van der Waals surface area contributed by atoms with Crippen molar-refractivity contribution in [2.45, 2.75) is 241 Å². The number of Topliss-reactive ketones (excluding diaryl/α,β-unsaturated/α-hetero) is 2. The molecule has 0 aromatic heterocycles. The third-order valence-electron chi connectivity index (χ3n) is 21.4. The number of rotatable bonds is 14. The molecule has 6 nitrogen and oxygen atoms in total. The Kier molecular flexibility index (Phi) is 13.3. The molecule has 10 fully saturated rings. The molecule has 0 radical (unpaired) electrons. The quantitative estimate of drug-likeness (QED) is 0.195. The van der Waals surface area contributed by atoms with Gasteiger partial charge in [0.1, 0.15) is 23.7 Å². The van der Waals surface area contributed by atoms with Crippen molar-refractivity contribution in [2.75, 3.05) is 13.1 Å². The summed E-state index contributed by atoms with van der Waals surface area (Å²) in [6.45, 7) is 25.5. The summed E-state index contributed by atoms with van der Waals surface area (Å²) in [5.74, 6) is 5.42. The number of hydrogen-bond donors (Lipinski definition) is 2. The molecule has 0 spiro atoms. The second-order valence-corrected chi connectivity index (χ2v) is 29.6. The molecule has 2 aliphatic heterocycles. The summed E-state index contributed by atoms with van der Waals surface area (Å²) in [7, 11) is 0. The summed E-state index contributed by atoms with van der Waals surface area (Å²) in [4.78, 5) is 32.3. The van der Waals surface area contributed by atoms with Crippen molar-refractivity contribution in [3.8, 4) is 11.5 Å². The Morgan fingerprint density at radius 3 is 1.23 bits per heavy atom. The van der Waals surface area contributed by atoms with Crippen LogP contribution in [0, 0.1) is 46.3 Å². The fourth-order valence-electron chi connectivity index (χ4n) is 17.1. The lowest BCUT2D eigenvalue weighted by atomic mass is 9.44. The zero-order valence-corrected chi connectivity index (χ0v) is 45.7. The number of ether oxygens (including phenoxy) is 2. The van der Waals surface area contributed by atoms with Crippen LogP contribution in [0.3, 0.4) is 0 Å². The fourth-order valence-corrected chi connectivity index (χ4v) is 19.8. The summed E-state index contributed by atoms with van der Waals surface area (Å²) < 4.78 is 13.7. The van der Waals surface area contributed by atoms with E-state index in [1.165, 1.54) is 36.8 Å². The molecule has 380 valence electrons. The van der Waals surface area contributed by atoms with Crippen LogP contribution in [0.25, 0.3) is 0 Å². The van der Waals surface area contributed by atoms with E-state index >= 15 is 9.59 Å². The average molecular weight is 961 g/mol. The van der Waals surface area contributed by atoms with E-state index in [4.69, 9.17) is 9.47 Å². The third kappa shape index (κ3) is 8.82. The Bertz CT molecular complexity index is 2010. The average Bonchev–Trinajstić information content (AvgIpc) is 4.02. The van der Waals surface area contributed by atoms with Crippen LogP contribution in [0.5, 0.6) is 11.5 Å². The smallest absolute Gasteiger partial charge is 0.154 e. The van der Waals surface area contributed by atoms with Gasteiger partial charge in [0.2, 0.25) is 0 Å². The molecule has 2 N–H and O–H groups in total. The van der Waals surface area contributed by atoms with Gasteiger partial charge in [-0.25, -0.2) is 0 Å². The Balaban J connectivity index is 0.968. The molecule has 8 aliphatic carbocycles. The van der Waals surface area contributed by atoms with Crippen molar-refractivity contribution >= 4 is 23.3 Å². The normalized spacial score (nSPS) is 39.2. The molecule has 2 aromatic carbocycles. The molecule has 2 aromatic rings. The van der Waals surface area contributed by atoms with Gasteiger partial charge in [0.15, 0.2) is 11.6 Å². The van der Waals surface area contributed by atoms with Gasteiger partial charge in [-0.15, -0.1) is 11.8 Å². The van der Waals surface area contributed by atoms with Gasteiger partial charge in [0.05, 0.1) is 11.1 Å². The first-order valence-corrected chi connectivity index (χ1v) is 29.2. The molecule has 69 heavy (non-hydrogen) atoms. The van der Waals surface area contributed by atoms with E-state index in [1.807, 2.05) is 0 Å². The number of fused-ring (bicyclic) bond motifs is 4. The van der Waals surface area contributed by atoms with Crippen LogP contribution in [-0.2, 0) is 20.4 Å². The lowest BCUT2D eigenvalue weighted by molar-refractivity contribution is -0.138. The molecule has 4 bridgehead atoms. The fraction of sp³-hybridized carbons (Fsp3) is 0.774. The topological polar surface area (TPSA) is 76.7 Å². The minimum Gasteiger partial charge on any atom is -0.490 e. The Morgan fingerprint density at radius 1 is 0.536 bits per heavy atom. The monoisotopic (exact) mass is 961 g/mol. The lowest BCUT2D eigenvalue weighted by Gasteiger charge is -2.70. The Hall–Kier alpha value is -2.35. The van der Waals surface area contributed by atoms with Gasteiger partial charge < -0.3 is 20.1 Å². The standard InChI is InChI=1S/C62H92N2O4S/c1-55(2,3)41-21-25-45(26-22-41)67-49-19-13-11-17-47(49)61(31-15-35-63-61)53(65)39-59(33-29-43-37-51(59)57(43,7)8)69-60(34-30-44-38-52(60)58(44,9)10)40-54(66)62(32-16-36-64-62)48-18-12-14-20-50(48)68-46-27-23-42(24-28-46)56(4,5)6/h21-28,43-44,47-52,63-64H,11-20,29-40H2,1-10H3/t43?,44?,47?,48?,49?,50?,51?,52?,59?,60?,61-,62-/m1/s1. The second-order valence-electron chi connectivity index (χ2n) is 27.8. The van der Waals surface area contributed by atoms with Gasteiger partial charge in [-0.3, -0.25) is 9.59 Å². The van der Waals surface area contributed by atoms with Gasteiger partial charge in [-0.2, -0.15) is 0 Å². The first-order valence-electron chi connectivity index (χ1n) is 28.4. The molecular formula is C62H92N2O4S. The zero-order chi connectivity index (χ0) is 48.8. The van der Waals surface area contributed by atoms with Crippen LogP contribution in [0.2, 0.25) is 0 Å². The first-order chi connectivity index (χ1) is 32.6. The van der Waals surface area contributed by atoms with Crippen molar-refractivity contribution in [3.63, 3.8) is 0 Å². The van der Waals surface area contributed by atoms with Crippen LogP contribution in [0.4, 0.5) is 0 Å². The maximum atomic E-state index is 16.2. The summed E-state index contributed by atoms with van der Waals surface area (Å²) >= 11 is 2.25. The lowest BCUT2D eigenvalue weighted by Crippen LogP contribution is -2.68. The highest BCUT2D eigenvalue weighted by Gasteiger charge is 2.69. The largest absolute Gasteiger partial charge is 0.490 e. The summed E-state index contributed by atoms with van der Waals surface area (Å²) in [5.41, 5.74) is 2.00. The number of carbonyl (C=O) groups is 2. The predicted molar refractivity (Wildman–Crippen MR) is 284 cm³/mol. The van der Waals surface area contributed by atoms with Crippen LogP contribution in [-0.4, -0.2) is 57.4 Å². The van der Waals surface area contributed by atoms with Crippen molar-refractivity contribution in [3.05, 3.63) is 59.7 Å². The summed E-state index contributed by atoms with van der Waals surface area (Å²) in [6.07, 6.45) is 20.7. The molecule has 12 rings (SSSR count). The van der Waals surface area contributed by atoms with Crippen molar-refractivity contribution in [1.82, 2.24) is 10.6 Å². The van der Waals surface area contributed by atoms with E-state index < -0.39 is 11.1 Å². The zero-order valence-electron chi connectivity index (χ0n) is 44.8. The Labute approximate surface area is 422 Å². The van der Waals surface area contributed by atoms with Crippen LogP contribution in [0.1, 0.15) is 209 Å². The number of carbonyl (C=O) groups excluding carboxylic acids is 2. The second kappa shape index (κ2) is 18.2. The van der Waals surface area contributed by atoms with E-state index in [2.05, 4.69) is 140 Å². The molecule has 7 heteroatoms. The number of ketones is 2. The van der Waals surface area contributed by atoms with Gasteiger partial charge >= 0.3 is 0 Å². The molecule has 2 heterocycles. The third-order valence-corrected chi connectivity index (χ3v) is 23.5. The molecular weight excluding hydrogens is 869 g/mol. The highest BCUT2D eigenvalue weighted by molar-refractivity contribution is 8.02. The van der Waals surface area contributed by atoms with Crippen LogP contribution >= 0.6 is 11.8 Å². The highest BCUT2D eigenvalue weighted by atomic mass is 32.2. The van der Waals surface area contributed by atoms with Crippen LogP contribution < -0.4 is 20.1 Å². The van der Waals surface area contributed by atoms with Gasteiger partial charge in [0, 0.05) is 34.2 Å². The van der Waals surface area contributed by atoms with Gasteiger partial charge in [-0.05, 0) is 197 Å². The van der Waals surface area contributed by atoms with E-state index in [0.29, 0.717) is 36.2 Å². The van der Waals surface area contributed by atoms with Crippen molar-refractivity contribution in [1.29, 1.82) is 0 Å². The SMILES string of the molecule is CC(C)(C)c1ccc(OC2CCCCC2[C@@]2(C(=O)CC3(SC4(CC(=O)[C@]5(C6CCCCC6Oc6ccc(C(C)(C)C)cc6)CCCN5)CCC5CC4C5(C)C)CCC4CC3C4(C)C)CCCN2)cc1. The van der Waals surface area contributed by atoms with Crippen molar-refractivity contribution < 1.29 is 19.1 Å². The summed E-state index contributed by atoms with van der Waals surface area (Å²) in [6, 6.07) is 17.6. The number of benzene rings is 2. The number of thioether (sulfide) groups is 1. The van der Waals surface area contributed by atoms with E-state index in [-0.39, 0.29) is 55.2 Å². The number of nitrogens with one attached hydrogen (secondary N) is 2. The van der Waals surface area contributed by atoms with Crippen LogP contribution in [0.15, 0.2) is 48.5 Å². The Morgan fingerprint density at radius 2 is 0.913 bits per heavy atom. The molecule has 0 amide bonds. The highest BCUT2D eigenvalue weighted by Crippen LogP contribution is 2.75. The van der Waals surface area contributed by atoms with E-state index in [0.717, 1.165) is 126 Å².